The van der Waals surface area contributed by atoms with E-state index < -0.39 is 0 Å². The van der Waals surface area contributed by atoms with E-state index in [1.54, 1.807) is 25.3 Å². The van der Waals surface area contributed by atoms with Crippen LogP contribution < -0.4 is 9.47 Å². The lowest BCUT2D eigenvalue weighted by Crippen LogP contribution is -2.03. The molecule has 0 amide bonds. The Morgan fingerprint density at radius 2 is 1.58 bits per heavy atom. The predicted octanol–water partition coefficient (Wildman–Crippen LogP) is 5.07. The highest BCUT2D eigenvalue weighted by Crippen LogP contribution is 2.23. The number of carbonyl (C=O) groups excluding carboxylic acids is 1. The average Bonchev–Trinajstić information content (AvgIpc) is 2.72. The second-order valence-electron chi connectivity index (χ2n) is 6.01. The largest absolute Gasteiger partial charge is 0.496 e. The van der Waals surface area contributed by atoms with Crippen molar-refractivity contribution in [3.63, 3.8) is 0 Å². The molecule has 0 unspecified atom stereocenters. The fraction of sp³-hybridized carbons (Fsp3) is 0.174. The number of carbonyl (C=O) groups is 1. The van der Waals surface area contributed by atoms with Crippen molar-refractivity contribution in [2.45, 2.75) is 20.0 Å². The lowest BCUT2D eigenvalue weighted by molar-refractivity contribution is 0.103. The van der Waals surface area contributed by atoms with Crippen LogP contribution in [0, 0.1) is 0 Å². The zero-order valence-electron chi connectivity index (χ0n) is 15.1. The number of hydrogen-bond donors (Lipinski definition) is 0. The van der Waals surface area contributed by atoms with Crippen molar-refractivity contribution in [2.75, 3.05) is 7.11 Å². The van der Waals surface area contributed by atoms with Crippen molar-refractivity contribution in [1.29, 1.82) is 0 Å². The zero-order valence-corrected chi connectivity index (χ0v) is 15.1. The summed E-state index contributed by atoms with van der Waals surface area (Å²) in [6, 6.07) is 22.8. The van der Waals surface area contributed by atoms with Crippen LogP contribution in [0.4, 0.5) is 0 Å². The van der Waals surface area contributed by atoms with Gasteiger partial charge in [0.15, 0.2) is 5.78 Å². The summed E-state index contributed by atoms with van der Waals surface area (Å²) in [4.78, 5) is 12.7. The third kappa shape index (κ3) is 4.12. The van der Waals surface area contributed by atoms with Crippen LogP contribution in [0.25, 0.3) is 0 Å². The van der Waals surface area contributed by atoms with Crippen molar-refractivity contribution in [1.82, 2.24) is 0 Å². The molecule has 0 spiro atoms. The summed E-state index contributed by atoms with van der Waals surface area (Å²) in [7, 11) is 1.63. The zero-order chi connectivity index (χ0) is 18.4. The molecular weight excluding hydrogens is 324 g/mol. The number of ketones is 1. The highest BCUT2D eigenvalue weighted by atomic mass is 16.5. The molecule has 0 atom stereocenters. The number of ether oxygens (including phenoxy) is 2. The van der Waals surface area contributed by atoms with Gasteiger partial charge in [-0.25, -0.2) is 0 Å². The van der Waals surface area contributed by atoms with E-state index in [0.29, 0.717) is 17.7 Å². The van der Waals surface area contributed by atoms with Gasteiger partial charge >= 0.3 is 0 Å². The van der Waals surface area contributed by atoms with Crippen LogP contribution in [0.1, 0.15) is 34.0 Å². The molecule has 0 radical (unpaired) electrons. The topological polar surface area (TPSA) is 35.5 Å². The van der Waals surface area contributed by atoms with Crippen LogP contribution in [0.3, 0.4) is 0 Å². The molecule has 0 N–H and O–H groups in total. The minimum absolute atomic E-state index is 0.0273. The minimum Gasteiger partial charge on any atom is -0.496 e. The quantitative estimate of drug-likeness (QED) is 0.561. The molecule has 0 saturated heterocycles. The summed E-state index contributed by atoms with van der Waals surface area (Å²) in [5.41, 5.74) is 3.45. The standard InChI is InChI=1S/C23H22O3/c1-3-18-9-10-20(15-22(18)25-2)23(24)19-11-13-21(14-12-19)26-16-17-7-5-4-6-8-17/h4-15H,3,16H2,1-2H3. The Kier molecular flexibility index (Phi) is 5.69. The Morgan fingerprint density at radius 1 is 0.885 bits per heavy atom. The molecule has 0 fully saturated rings. The third-order valence-corrected chi connectivity index (χ3v) is 4.29. The molecule has 0 aliphatic rings. The van der Waals surface area contributed by atoms with E-state index in [1.807, 2.05) is 54.6 Å². The third-order valence-electron chi connectivity index (χ3n) is 4.29. The summed E-state index contributed by atoms with van der Waals surface area (Å²) >= 11 is 0. The van der Waals surface area contributed by atoms with Gasteiger partial charge in [-0.3, -0.25) is 4.79 Å². The molecule has 0 heterocycles. The van der Waals surface area contributed by atoms with Crippen LogP contribution in [-0.4, -0.2) is 12.9 Å². The maximum Gasteiger partial charge on any atom is 0.193 e. The van der Waals surface area contributed by atoms with Gasteiger partial charge in [-0.1, -0.05) is 49.4 Å². The summed E-state index contributed by atoms with van der Waals surface area (Å²) in [6.07, 6.45) is 0.866. The van der Waals surface area contributed by atoms with Crippen molar-refractivity contribution < 1.29 is 14.3 Å². The normalized spacial score (nSPS) is 10.4. The number of benzene rings is 3. The summed E-state index contributed by atoms with van der Waals surface area (Å²) < 4.78 is 11.2. The molecule has 0 aromatic heterocycles. The van der Waals surface area contributed by atoms with E-state index in [-0.39, 0.29) is 5.78 Å². The van der Waals surface area contributed by atoms with Crippen LogP contribution >= 0.6 is 0 Å². The van der Waals surface area contributed by atoms with Crippen LogP contribution in [0.15, 0.2) is 72.8 Å². The van der Waals surface area contributed by atoms with Crippen molar-refractivity contribution >= 4 is 5.78 Å². The fourth-order valence-corrected chi connectivity index (χ4v) is 2.79. The van der Waals surface area contributed by atoms with Gasteiger partial charge in [0.1, 0.15) is 18.1 Å². The second kappa shape index (κ2) is 8.34. The van der Waals surface area contributed by atoms with Gasteiger partial charge in [-0.05, 0) is 47.9 Å². The summed E-state index contributed by atoms with van der Waals surface area (Å²) in [5, 5.41) is 0. The number of rotatable bonds is 7. The van der Waals surface area contributed by atoms with E-state index in [1.165, 1.54) is 0 Å². The number of aryl methyl sites for hydroxylation is 1. The molecule has 3 rings (SSSR count). The Labute approximate surface area is 154 Å². The highest BCUT2D eigenvalue weighted by molar-refractivity contribution is 6.09. The molecule has 132 valence electrons. The molecule has 3 aromatic carbocycles. The van der Waals surface area contributed by atoms with Crippen molar-refractivity contribution in [2.24, 2.45) is 0 Å². The Balaban J connectivity index is 1.70. The molecule has 26 heavy (non-hydrogen) atoms. The molecule has 3 aromatic rings. The maximum absolute atomic E-state index is 12.7. The predicted molar refractivity (Wildman–Crippen MR) is 103 cm³/mol. The van der Waals surface area contributed by atoms with E-state index in [9.17, 15) is 4.79 Å². The van der Waals surface area contributed by atoms with Crippen LogP contribution in [0.2, 0.25) is 0 Å². The number of methoxy groups -OCH3 is 1. The Bertz CT molecular complexity index is 868. The van der Waals surface area contributed by atoms with Crippen molar-refractivity contribution in [3.05, 3.63) is 95.1 Å². The highest BCUT2D eigenvalue weighted by Gasteiger charge is 2.12. The van der Waals surface area contributed by atoms with Gasteiger partial charge < -0.3 is 9.47 Å². The van der Waals surface area contributed by atoms with E-state index in [4.69, 9.17) is 9.47 Å². The van der Waals surface area contributed by atoms with E-state index >= 15 is 0 Å². The molecule has 0 aliphatic heterocycles. The van der Waals surface area contributed by atoms with Gasteiger partial charge in [0.05, 0.1) is 7.11 Å². The van der Waals surface area contributed by atoms with Crippen LogP contribution in [0.5, 0.6) is 11.5 Å². The van der Waals surface area contributed by atoms with Gasteiger partial charge in [0.2, 0.25) is 0 Å². The molecule has 3 heteroatoms. The first-order chi connectivity index (χ1) is 12.7. The van der Waals surface area contributed by atoms with Gasteiger partial charge in [-0.15, -0.1) is 0 Å². The summed E-state index contributed by atoms with van der Waals surface area (Å²) in [5.74, 6) is 1.46. The smallest absolute Gasteiger partial charge is 0.193 e. The molecule has 3 nitrogen and oxygen atoms in total. The lowest BCUT2D eigenvalue weighted by atomic mass is 10.0. The van der Waals surface area contributed by atoms with Gasteiger partial charge in [0.25, 0.3) is 0 Å². The van der Waals surface area contributed by atoms with Gasteiger partial charge in [0, 0.05) is 11.1 Å². The fourth-order valence-electron chi connectivity index (χ4n) is 2.79. The molecule has 0 aliphatic carbocycles. The first-order valence-corrected chi connectivity index (χ1v) is 8.69. The number of hydrogen-bond acceptors (Lipinski definition) is 3. The SMILES string of the molecule is CCc1ccc(C(=O)c2ccc(OCc3ccccc3)cc2)cc1OC. The second-order valence-corrected chi connectivity index (χ2v) is 6.01. The Hall–Kier alpha value is -3.07. The lowest BCUT2D eigenvalue weighted by Gasteiger charge is -2.10. The van der Waals surface area contributed by atoms with Crippen molar-refractivity contribution in [3.8, 4) is 11.5 Å². The Morgan fingerprint density at radius 3 is 2.23 bits per heavy atom. The maximum atomic E-state index is 12.7. The van der Waals surface area contributed by atoms with Gasteiger partial charge in [-0.2, -0.15) is 0 Å². The first-order valence-electron chi connectivity index (χ1n) is 8.69. The van der Waals surface area contributed by atoms with Crippen LogP contribution in [-0.2, 0) is 13.0 Å². The monoisotopic (exact) mass is 346 g/mol. The first kappa shape index (κ1) is 17.7. The van der Waals surface area contributed by atoms with E-state index in [0.717, 1.165) is 29.0 Å². The average molecular weight is 346 g/mol. The summed E-state index contributed by atoms with van der Waals surface area (Å²) in [6.45, 7) is 2.57. The molecular formula is C23H22O3. The molecule has 0 bridgehead atoms. The minimum atomic E-state index is -0.0273. The van der Waals surface area contributed by atoms with E-state index in [2.05, 4.69) is 6.92 Å². The molecule has 0 saturated carbocycles.